The van der Waals surface area contributed by atoms with Gasteiger partial charge in [0.25, 0.3) is 11.8 Å². The summed E-state index contributed by atoms with van der Waals surface area (Å²) in [5.41, 5.74) is 1.37. The van der Waals surface area contributed by atoms with Crippen molar-refractivity contribution in [2.75, 3.05) is 19.0 Å². The van der Waals surface area contributed by atoms with Gasteiger partial charge < -0.3 is 10.1 Å². The average molecular weight is 387 g/mol. The predicted molar refractivity (Wildman–Crippen MR) is 97.8 cm³/mol. The van der Waals surface area contributed by atoms with Gasteiger partial charge in [-0.3, -0.25) is 19.3 Å². The number of imide groups is 1. The number of nitrogens with one attached hydrogen (secondary N) is 1. The second-order valence-corrected chi connectivity index (χ2v) is 6.26. The van der Waals surface area contributed by atoms with Crippen molar-refractivity contribution >= 4 is 41.0 Å². The van der Waals surface area contributed by atoms with E-state index in [1.807, 2.05) is 0 Å². The highest BCUT2D eigenvalue weighted by atomic mass is 35.5. The SMILES string of the molecule is COC(=O)c1ccc(NC(=O)CCN2C(=O)c3ccc(Cl)cc3C2=O)cc1. The van der Waals surface area contributed by atoms with Crippen molar-refractivity contribution in [3.05, 3.63) is 64.2 Å². The van der Waals surface area contributed by atoms with Crippen LogP contribution in [0.2, 0.25) is 5.02 Å². The minimum Gasteiger partial charge on any atom is -0.465 e. The van der Waals surface area contributed by atoms with Gasteiger partial charge >= 0.3 is 5.97 Å². The Bertz CT molecular complexity index is 940. The van der Waals surface area contributed by atoms with E-state index in [-0.39, 0.29) is 30.0 Å². The quantitative estimate of drug-likeness (QED) is 0.630. The molecule has 0 fully saturated rings. The first kappa shape index (κ1) is 18.6. The lowest BCUT2D eigenvalue weighted by atomic mass is 10.1. The molecule has 0 unspecified atom stereocenters. The van der Waals surface area contributed by atoms with Crippen LogP contribution in [0.4, 0.5) is 5.69 Å². The van der Waals surface area contributed by atoms with Gasteiger partial charge in [-0.15, -0.1) is 0 Å². The highest BCUT2D eigenvalue weighted by Crippen LogP contribution is 2.26. The Morgan fingerprint density at radius 3 is 2.37 bits per heavy atom. The number of hydrogen-bond donors (Lipinski definition) is 1. The number of methoxy groups -OCH3 is 1. The van der Waals surface area contributed by atoms with Crippen molar-refractivity contribution in [3.8, 4) is 0 Å². The van der Waals surface area contributed by atoms with E-state index in [0.717, 1.165) is 4.90 Å². The van der Waals surface area contributed by atoms with Crippen LogP contribution in [-0.4, -0.2) is 42.2 Å². The maximum atomic E-state index is 12.3. The number of amides is 3. The van der Waals surface area contributed by atoms with Gasteiger partial charge in [-0.1, -0.05) is 11.6 Å². The van der Waals surface area contributed by atoms with Gasteiger partial charge in [0, 0.05) is 23.7 Å². The first-order chi connectivity index (χ1) is 12.9. The maximum absolute atomic E-state index is 12.3. The number of halogens is 1. The minimum absolute atomic E-state index is 0.0456. The summed E-state index contributed by atoms with van der Waals surface area (Å²) in [4.78, 5) is 49.2. The molecular formula is C19H15ClN2O5. The van der Waals surface area contributed by atoms with Crippen LogP contribution in [0.1, 0.15) is 37.5 Å². The molecular weight excluding hydrogens is 372 g/mol. The van der Waals surface area contributed by atoms with E-state index in [9.17, 15) is 19.2 Å². The van der Waals surface area contributed by atoms with Crippen molar-refractivity contribution in [3.63, 3.8) is 0 Å². The zero-order valence-corrected chi connectivity index (χ0v) is 15.1. The van der Waals surface area contributed by atoms with Gasteiger partial charge in [0.15, 0.2) is 0 Å². The maximum Gasteiger partial charge on any atom is 0.337 e. The molecule has 0 bridgehead atoms. The average Bonchev–Trinajstić information content (AvgIpc) is 2.90. The molecule has 3 rings (SSSR count). The molecule has 1 N–H and O–H groups in total. The molecule has 0 atom stereocenters. The molecule has 1 heterocycles. The lowest BCUT2D eigenvalue weighted by molar-refractivity contribution is -0.116. The number of ether oxygens (including phenoxy) is 1. The lowest BCUT2D eigenvalue weighted by Gasteiger charge is -2.13. The summed E-state index contributed by atoms with van der Waals surface area (Å²) in [6.07, 6.45) is -0.0576. The molecule has 7 nitrogen and oxygen atoms in total. The number of esters is 1. The molecule has 0 saturated carbocycles. The number of benzene rings is 2. The molecule has 0 aromatic heterocycles. The Labute approximate surface area is 159 Å². The van der Waals surface area contributed by atoms with Crippen LogP contribution in [-0.2, 0) is 9.53 Å². The van der Waals surface area contributed by atoms with Gasteiger partial charge in [0.1, 0.15) is 0 Å². The van der Waals surface area contributed by atoms with E-state index in [4.69, 9.17) is 11.6 Å². The van der Waals surface area contributed by atoms with Crippen molar-refractivity contribution in [1.29, 1.82) is 0 Å². The normalized spacial score (nSPS) is 12.7. The Hall–Kier alpha value is -3.19. The molecule has 138 valence electrons. The molecule has 2 aromatic rings. The number of carbonyl (C=O) groups excluding carboxylic acids is 4. The first-order valence-corrected chi connectivity index (χ1v) is 8.42. The largest absolute Gasteiger partial charge is 0.465 e. The van der Waals surface area contributed by atoms with E-state index in [2.05, 4.69) is 10.1 Å². The van der Waals surface area contributed by atoms with Crippen molar-refractivity contribution < 1.29 is 23.9 Å². The summed E-state index contributed by atoms with van der Waals surface area (Å²) >= 11 is 5.87. The molecule has 8 heteroatoms. The van der Waals surface area contributed by atoms with Gasteiger partial charge in [0.2, 0.25) is 5.91 Å². The number of hydrogen-bond acceptors (Lipinski definition) is 5. The van der Waals surface area contributed by atoms with E-state index < -0.39 is 17.8 Å². The molecule has 0 spiro atoms. The molecule has 3 amide bonds. The third-order valence-electron chi connectivity index (χ3n) is 4.08. The van der Waals surface area contributed by atoms with Crippen molar-refractivity contribution in [1.82, 2.24) is 4.90 Å². The Morgan fingerprint density at radius 1 is 1.04 bits per heavy atom. The predicted octanol–water partition coefficient (Wildman–Crippen LogP) is 2.75. The highest BCUT2D eigenvalue weighted by molar-refractivity contribution is 6.32. The zero-order chi connectivity index (χ0) is 19.6. The van der Waals surface area contributed by atoms with Crippen LogP contribution in [0, 0.1) is 0 Å². The number of carbonyl (C=O) groups is 4. The number of anilines is 1. The van der Waals surface area contributed by atoms with Gasteiger partial charge in [0.05, 0.1) is 23.8 Å². The van der Waals surface area contributed by atoms with E-state index >= 15 is 0 Å². The second kappa shape index (κ2) is 7.59. The molecule has 0 radical (unpaired) electrons. The van der Waals surface area contributed by atoms with Crippen LogP contribution in [0.15, 0.2) is 42.5 Å². The summed E-state index contributed by atoms with van der Waals surface area (Å²) in [5, 5.41) is 3.01. The van der Waals surface area contributed by atoms with Crippen molar-refractivity contribution in [2.45, 2.75) is 6.42 Å². The highest BCUT2D eigenvalue weighted by Gasteiger charge is 2.35. The van der Waals surface area contributed by atoms with Crippen LogP contribution in [0.3, 0.4) is 0 Å². The first-order valence-electron chi connectivity index (χ1n) is 8.04. The fraction of sp³-hybridized carbons (Fsp3) is 0.158. The topological polar surface area (TPSA) is 92.8 Å². The Morgan fingerprint density at radius 2 is 1.70 bits per heavy atom. The molecule has 27 heavy (non-hydrogen) atoms. The van der Waals surface area contributed by atoms with Gasteiger partial charge in [-0.05, 0) is 42.5 Å². The molecule has 0 aliphatic carbocycles. The van der Waals surface area contributed by atoms with Crippen LogP contribution in [0.25, 0.3) is 0 Å². The summed E-state index contributed by atoms with van der Waals surface area (Å²) in [5.74, 6) is -1.75. The van der Waals surface area contributed by atoms with Gasteiger partial charge in [-0.25, -0.2) is 4.79 Å². The Balaban J connectivity index is 1.59. The van der Waals surface area contributed by atoms with E-state index in [1.165, 1.54) is 31.4 Å². The smallest absolute Gasteiger partial charge is 0.337 e. The fourth-order valence-electron chi connectivity index (χ4n) is 2.71. The number of fused-ring (bicyclic) bond motifs is 1. The monoisotopic (exact) mass is 386 g/mol. The van der Waals surface area contributed by atoms with Crippen LogP contribution < -0.4 is 5.32 Å². The second-order valence-electron chi connectivity index (χ2n) is 5.82. The molecule has 2 aromatic carbocycles. The summed E-state index contributed by atoms with van der Waals surface area (Å²) in [6, 6.07) is 10.7. The van der Waals surface area contributed by atoms with Crippen LogP contribution in [0.5, 0.6) is 0 Å². The summed E-state index contributed by atoms with van der Waals surface area (Å²) < 4.78 is 4.60. The molecule has 1 aliphatic heterocycles. The van der Waals surface area contributed by atoms with Crippen molar-refractivity contribution in [2.24, 2.45) is 0 Å². The number of nitrogens with zero attached hydrogens (tertiary/aromatic N) is 1. The Kier molecular flexibility index (Phi) is 5.23. The fourth-order valence-corrected chi connectivity index (χ4v) is 2.88. The van der Waals surface area contributed by atoms with E-state index in [0.29, 0.717) is 16.3 Å². The van der Waals surface area contributed by atoms with Gasteiger partial charge in [-0.2, -0.15) is 0 Å². The standard InChI is InChI=1S/C19H15ClN2O5/c1-27-19(26)11-2-5-13(6-3-11)21-16(23)8-9-22-17(24)14-7-4-12(20)10-15(14)18(22)25/h2-7,10H,8-9H2,1H3,(H,21,23). The zero-order valence-electron chi connectivity index (χ0n) is 14.3. The molecule has 1 aliphatic rings. The summed E-state index contributed by atoms with van der Waals surface area (Å²) in [6.45, 7) is -0.0456. The lowest BCUT2D eigenvalue weighted by Crippen LogP contribution is -2.32. The third kappa shape index (κ3) is 3.83. The number of rotatable bonds is 5. The van der Waals surface area contributed by atoms with E-state index in [1.54, 1.807) is 18.2 Å². The third-order valence-corrected chi connectivity index (χ3v) is 4.32. The minimum atomic E-state index is -0.474. The molecule has 0 saturated heterocycles. The summed E-state index contributed by atoms with van der Waals surface area (Å²) in [7, 11) is 1.28. The van der Waals surface area contributed by atoms with Crippen LogP contribution >= 0.6 is 11.6 Å².